The quantitative estimate of drug-likeness (QED) is 0.381. The van der Waals surface area contributed by atoms with Gasteiger partial charge in [0.2, 0.25) is 5.91 Å². The normalized spacial score (nSPS) is 12.5. The second-order valence-corrected chi connectivity index (χ2v) is 7.58. The van der Waals surface area contributed by atoms with Crippen molar-refractivity contribution < 1.29 is 19.4 Å². The molecule has 29 heavy (non-hydrogen) atoms. The summed E-state index contributed by atoms with van der Waals surface area (Å²) in [5, 5.41) is 12.5. The molecule has 0 spiro atoms. The van der Waals surface area contributed by atoms with Crippen LogP contribution in [0.3, 0.4) is 0 Å². The van der Waals surface area contributed by atoms with Crippen molar-refractivity contribution in [2.24, 2.45) is 5.92 Å². The predicted octanol–water partition coefficient (Wildman–Crippen LogP) is 4.16. The van der Waals surface area contributed by atoms with Crippen molar-refractivity contribution in [1.82, 2.24) is 10.2 Å². The summed E-state index contributed by atoms with van der Waals surface area (Å²) < 4.78 is 5.43. The molecule has 0 aliphatic heterocycles. The number of carbonyl (C=O) groups excluding carboxylic acids is 1. The Balaban J connectivity index is 2.61. The maximum absolute atomic E-state index is 12.1. The number of nitrogens with one attached hydrogen (secondary N) is 1. The Bertz CT molecular complexity index is 685. The molecule has 0 fully saturated rings. The zero-order valence-electron chi connectivity index (χ0n) is 18.4. The van der Waals surface area contributed by atoms with Crippen molar-refractivity contribution in [2.75, 3.05) is 20.7 Å². The molecule has 0 bridgehead atoms. The van der Waals surface area contributed by atoms with Crippen molar-refractivity contribution in [3.8, 4) is 5.75 Å². The van der Waals surface area contributed by atoms with E-state index in [1.54, 1.807) is 24.1 Å². The largest absolute Gasteiger partial charge is 0.496 e. The van der Waals surface area contributed by atoms with Gasteiger partial charge in [0.25, 0.3) is 0 Å². The lowest BCUT2D eigenvalue weighted by molar-refractivity contribution is -0.143. The predicted molar refractivity (Wildman–Crippen MR) is 116 cm³/mol. The number of allylic oxidation sites excluding steroid dienone is 2. The fourth-order valence-electron chi connectivity index (χ4n) is 3.04. The lowest BCUT2D eigenvalue weighted by Crippen LogP contribution is -2.31. The molecular weight excluding hydrogens is 368 g/mol. The number of carbonyl (C=O) groups is 2. The second kappa shape index (κ2) is 13.0. The molecule has 2 N–H and O–H groups in total. The first kappa shape index (κ1) is 24.7. The fraction of sp³-hybridized carbons (Fsp3) is 0.565. The molecule has 1 aromatic carbocycles. The van der Waals surface area contributed by atoms with E-state index < -0.39 is 12.0 Å². The second-order valence-electron chi connectivity index (χ2n) is 7.58. The van der Waals surface area contributed by atoms with Gasteiger partial charge in [-0.15, -0.1) is 0 Å². The molecule has 162 valence electrons. The minimum atomic E-state index is -0.919. The van der Waals surface area contributed by atoms with Crippen LogP contribution in [0.5, 0.6) is 5.75 Å². The van der Waals surface area contributed by atoms with Crippen molar-refractivity contribution in [1.29, 1.82) is 0 Å². The van der Waals surface area contributed by atoms with E-state index in [1.807, 2.05) is 13.0 Å². The van der Waals surface area contributed by atoms with Gasteiger partial charge in [0, 0.05) is 18.5 Å². The molecule has 1 amide bonds. The van der Waals surface area contributed by atoms with E-state index in [0.717, 1.165) is 24.8 Å². The summed E-state index contributed by atoms with van der Waals surface area (Å²) in [4.78, 5) is 25.5. The number of hydrogen-bond donors (Lipinski definition) is 2. The van der Waals surface area contributed by atoms with Gasteiger partial charge in [-0.05, 0) is 50.4 Å². The van der Waals surface area contributed by atoms with Crippen LogP contribution in [-0.2, 0) is 16.1 Å². The van der Waals surface area contributed by atoms with Crippen molar-refractivity contribution in [3.63, 3.8) is 0 Å². The molecule has 0 heterocycles. The molecule has 0 aliphatic rings. The van der Waals surface area contributed by atoms with Crippen molar-refractivity contribution >= 4 is 11.9 Å². The van der Waals surface area contributed by atoms with E-state index in [4.69, 9.17) is 4.74 Å². The minimum absolute atomic E-state index is 0.0232. The van der Waals surface area contributed by atoms with Gasteiger partial charge in [0.05, 0.1) is 7.11 Å². The number of unbranched alkanes of at least 4 members (excludes halogenated alkanes) is 2. The molecule has 0 aromatic heterocycles. The van der Waals surface area contributed by atoms with E-state index in [9.17, 15) is 14.7 Å². The zero-order chi connectivity index (χ0) is 21.8. The first-order valence-electron chi connectivity index (χ1n) is 10.3. The van der Waals surface area contributed by atoms with Gasteiger partial charge in [-0.25, -0.2) is 0 Å². The first-order chi connectivity index (χ1) is 13.8. The number of likely N-dealkylation sites (N-methyl/N-ethyl adjacent to an activating group) is 1. The number of rotatable bonds is 13. The van der Waals surface area contributed by atoms with Crippen LogP contribution in [0, 0.1) is 5.92 Å². The highest BCUT2D eigenvalue weighted by Gasteiger charge is 2.27. The molecule has 1 unspecified atom stereocenters. The topological polar surface area (TPSA) is 78.9 Å². The summed E-state index contributed by atoms with van der Waals surface area (Å²) in [6, 6.07) is 4.63. The number of methoxy groups -OCH3 is 1. The Morgan fingerprint density at radius 2 is 2.00 bits per heavy atom. The summed E-state index contributed by atoms with van der Waals surface area (Å²) in [6.07, 6.45) is 7.73. The molecule has 6 nitrogen and oxygen atoms in total. The van der Waals surface area contributed by atoms with E-state index >= 15 is 0 Å². The third-order valence-electron chi connectivity index (χ3n) is 4.80. The van der Waals surface area contributed by atoms with Gasteiger partial charge < -0.3 is 15.2 Å². The smallest absolute Gasteiger partial charge is 0.325 e. The van der Waals surface area contributed by atoms with Crippen LogP contribution in [0.25, 0.3) is 0 Å². The highest BCUT2D eigenvalue weighted by atomic mass is 16.5. The molecule has 0 radical (unpaired) electrons. The van der Waals surface area contributed by atoms with E-state index in [0.29, 0.717) is 36.7 Å². The van der Waals surface area contributed by atoms with Crippen LogP contribution in [0.1, 0.15) is 63.6 Å². The van der Waals surface area contributed by atoms with Crippen LogP contribution in [-0.4, -0.2) is 42.6 Å². The number of hydrogen-bond acceptors (Lipinski definition) is 4. The summed E-state index contributed by atoms with van der Waals surface area (Å²) in [6.45, 7) is 7.20. The van der Waals surface area contributed by atoms with E-state index in [2.05, 4.69) is 31.3 Å². The number of carboxylic acid groups (broad SMARTS) is 1. The number of benzene rings is 1. The standard InChI is InChI=1S/C23H36N2O4/c1-6-25(4)22(23(27)28)19-14-13-18(15-20(19)29-5)16-24-21(26)12-10-8-7-9-11-17(2)3/h9,11,13-15,17,22H,6-8,10,12,16H2,1-5H3,(H,24,26)(H,27,28)/b11-9+. The van der Waals surface area contributed by atoms with Gasteiger partial charge in [-0.2, -0.15) is 0 Å². The minimum Gasteiger partial charge on any atom is -0.496 e. The Kier molecular flexibility index (Phi) is 11.1. The number of aliphatic carboxylic acids is 1. The maximum atomic E-state index is 12.1. The lowest BCUT2D eigenvalue weighted by Gasteiger charge is -2.25. The first-order valence-corrected chi connectivity index (χ1v) is 10.3. The van der Waals surface area contributed by atoms with Crippen LogP contribution < -0.4 is 10.1 Å². The molecule has 6 heteroatoms. The molecular formula is C23H36N2O4. The summed E-state index contributed by atoms with van der Waals surface area (Å²) in [5.74, 6) is 0.183. The Morgan fingerprint density at radius 1 is 1.28 bits per heavy atom. The Labute approximate surface area is 174 Å². The van der Waals surface area contributed by atoms with Crippen LogP contribution in [0.2, 0.25) is 0 Å². The van der Waals surface area contributed by atoms with Crippen molar-refractivity contribution in [3.05, 3.63) is 41.5 Å². The number of amides is 1. The molecule has 0 saturated carbocycles. The van der Waals surface area contributed by atoms with Crippen LogP contribution in [0.4, 0.5) is 0 Å². The Morgan fingerprint density at radius 3 is 2.59 bits per heavy atom. The summed E-state index contributed by atoms with van der Waals surface area (Å²) in [5.41, 5.74) is 1.48. The number of carboxylic acids is 1. The lowest BCUT2D eigenvalue weighted by atomic mass is 10.0. The van der Waals surface area contributed by atoms with Crippen molar-refractivity contribution in [2.45, 2.75) is 59.0 Å². The fourth-order valence-corrected chi connectivity index (χ4v) is 3.04. The molecule has 0 saturated heterocycles. The summed E-state index contributed by atoms with van der Waals surface area (Å²) >= 11 is 0. The number of nitrogens with zero attached hydrogens (tertiary/aromatic N) is 1. The monoisotopic (exact) mass is 404 g/mol. The van der Waals surface area contributed by atoms with Gasteiger partial charge in [0.1, 0.15) is 11.8 Å². The average molecular weight is 405 g/mol. The third-order valence-corrected chi connectivity index (χ3v) is 4.80. The SMILES string of the molecule is CCN(C)C(C(=O)O)c1ccc(CNC(=O)CCCC/C=C/C(C)C)cc1OC. The van der Waals surface area contributed by atoms with E-state index in [-0.39, 0.29) is 5.91 Å². The van der Waals surface area contributed by atoms with Gasteiger partial charge in [-0.3, -0.25) is 14.5 Å². The molecule has 0 aliphatic carbocycles. The average Bonchev–Trinajstić information content (AvgIpc) is 2.69. The summed E-state index contributed by atoms with van der Waals surface area (Å²) in [7, 11) is 3.30. The van der Waals surface area contributed by atoms with Gasteiger partial charge >= 0.3 is 5.97 Å². The van der Waals surface area contributed by atoms with Crippen LogP contribution >= 0.6 is 0 Å². The van der Waals surface area contributed by atoms with E-state index in [1.165, 1.54) is 7.11 Å². The van der Waals surface area contributed by atoms with Gasteiger partial charge in [-0.1, -0.05) is 45.1 Å². The maximum Gasteiger partial charge on any atom is 0.325 e. The van der Waals surface area contributed by atoms with Crippen LogP contribution in [0.15, 0.2) is 30.4 Å². The molecule has 1 rings (SSSR count). The zero-order valence-corrected chi connectivity index (χ0v) is 18.4. The number of ether oxygens (including phenoxy) is 1. The molecule has 1 atom stereocenters. The Hall–Kier alpha value is -2.34. The highest BCUT2D eigenvalue weighted by molar-refractivity contribution is 5.77. The third kappa shape index (κ3) is 8.69. The highest BCUT2D eigenvalue weighted by Crippen LogP contribution is 2.30. The van der Waals surface area contributed by atoms with Gasteiger partial charge in [0.15, 0.2) is 0 Å². The molecule has 1 aromatic rings.